The van der Waals surface area contributed by atoms with Crippen LogP contribution in [0.4, 0.5) is 5.69 Å². The number of H-pyrrole nitrogens is 1. The summed E-state index contributed by atoms with van der Waals surface area (Å²) in [5.74, 6) is -0.915. The number of aromatic nitrogens is 2. The molecule has 0 radical (unpaired) electrons. The molecule has 3 rings (SSSR count). The van der Waals surface area contributed by atoms with Crippen LogP contribution in [0.2, 0.25) is 0 Å². The predicted molar refractivity (Wildman–Crippen MR) is 114 cm³/mol. The number of benzene rings is 1. The number of aromatic amines is 1. The maximum Gasteiger partial charge on any atom is 0.349 e. The largest absolute Gasteiger partial charge is 0.493 e. The molecule has 32 heavy (non-hydrogen) atoms. The molecule has 0 saturated carbocycles. The predicted octanol–water partition coefficient (Wildman–Crippen LogP) is 2.13. The van der Waals surface area contributed by atoms with E-state index in [1.807, 2.05) is 0 Å². The highest BCUT2D eigenvalue weighted by Gasteiger charge is 2.22. The first-order valence-electron chi connectivity index (χ1n) is 9.54. The lowest BCUT2D eigenvalue weighted by atomic mass is 10.0. The van der Waals surface area contributed by atoms with E-state index in [4.69, 9.17) is 4.42 Å². The van der Waals surface area contributed by atoms with Gasteiger partial charge in [0.05, 0.1) is 17.3 Å². The van der Waals surface area contributed by atoms with E-state index >= 15 is 0 Å². The summed E-state index contributed by atoms with van der Waals surface area (Å²) in [6, 6.07) is 6.58. The third kappa shape index (κ3) is 5.10. The molecule has 0 spiro atoms. The standard InChI is InChI=1S/C20H21N5O7/c1-11(2)18(19(27)28)21-8-13-7-15(12-3-5-14(6-4-12)25(30)31)32-16(13)9-22-24-10-17(26)23-20(24)29/h3-7,9-11,18,21,26H,8H2,1-2H3,(H,23,29)(H,27,28)/t18-/m0/s1. The number of nitrogens with zero attached hydrogens (tertiary/aromatic N) is 3. The average Bonchev–Trinajstić information content (AvgIpc) is 3.28. The van der Waals surface area contributed by atoms with Gasteiger partial charge in [0.2, 0.25) is 5.88 Å². The smallest absolute Gasteiger partial charge is 0.349 e. The summed E-state index contributed by atoms with van der Waals surface area (Å²) in [6.07, 6.45) is 2.34. The number of imidazole rings is 1. The first kappa shape index (κ1) is 22.5. The number of rotatable bonds is 9. The van der Waals surface area contributed by atoms with Crippen molar-refractivity contribution < 1.29 is 24.3 Å². The fraction of sp³-hybridized carbons (Fsp3) is 0.250. The molecule has 0 fully saturated rings. The van der Waals surface area contributed by atoms with Crippen molar-refractivity contribution in [3.8, 4) is 17.2 Å². The lowest BCUT2D eigenvalue weighted by Gasteiger charge is -2.17. The molecule has 1 aromatic carbocycles. The monoisotopic (exact) mass is 443 g/mol. The minimum Gasteiger partial charge on any atom is -0.493 e. The molecule has 0 aliphatic rings. The fourth-order valence-electron chi connectivity index (χ4n) is 2.98. The van der Waals surface area contributed by atoms with Crippen LogP contribution in [0.15, 0.2) is 50.8 Å². The molecule has 2 aromatic heterocycles. The van der Waals surface area contributed by atoms with Crippen molar-refractivity contribution in [2.45, 2.75) is 26.4 Å². The third-order valence-corrected chi connectivity index (χ3v) is 4.64. The maximum atomic E-state index is 11.7. The van der Waals surface area contributed by atoms with Crippen molar-refractivity contribution in [2.75, 3.05) is 0 Å². The number of hydrogen-bond acceptors (Lipinski definition) is 8. The lowest BCUT2D eigenvalue weighted by molar-refractivity contribution is -0.384. The van der Waals surface area contributed by atoms with Crippen LogP contribution in [0.5, 0.6) is 5.88 Å². The van der Waals surface area contributed by atoms with Gasteiger partial charge in [-0.05, 0) is 24.1 Å². The quantitative estimate of drug-likeness (QED) is 0.221. The van der Waals surface area contributed by atoms with Crippen LogP contribution in [-0.4, -0.2) is 43.0 Å². The molecule has 0 saturated heterocycles. The van der Waals surface area contributed by atoms with Crippen LogP contribution < -0.4 is 11.0 Å². The molecule has 1 atom stereocenters. The molecule has 168 valence electrons. The highest BCUT2D eigenvalue weighted by Crippen LogP contribution is 2.27. The van der Waals surface area contributed by atoms with E-state index in [0.29, 0.717) is 16.9 Å². The van der Waals surface area contributed by atoms with E-state index in [1.165, 1.54) is 30.5 Å². The van der Waals surface area contributed by atoms with Crippen molar-refractivity contribution >= 4 is 17.9 Å². The van der Waals surface area contributed by atoms with E-state index in [-0.39, 0.29) is 29.8 Å². The van der Waals surface area contributed by atoms with Gasteiger partial charge in [-0.15, -0.1) is 0 Å². The summed E-state index contributed by atoms with van der Waals surface area (Å²) in [5.41, 5.74) is 0.386. The summed E-state index contributed by atoms with van der Waals surface area (Å²) in [6.45, 7) is 3.67. The first-order valence-corrected chi connectivity index (χ1v) is 9.54. The molecular formula is C20H21N5O7. The Labute approximate surface area is 181 Å². The maximum absolute atomic E-state index is 11.7. The zero-order chi connectivity index (χ0) is 23.4. The van der Waals surface area contributed by atoms with Gasteiger partial charge < -0.3 is 14.6 Å². The summed E-state index contributed by atoms with van der Waals surface area (Å²) in [7, 11) is 0. The van der Waals surface area contributed by atoms with Gasteiger partial charge in [0.15, 0.2) is 5.76 Å². The number of nitro benzene ring substituents is 1. The summed E-state index contributed by atoms with van der Waals surface area (Å²) >= 11 is 0. The molecule has 0 aliphatic heterocycles. The molecular weight excluding hydrogens is 422 g/mol. The number of aliphatic carboxylic acids is 1. The number of aromatic hydroxyl groups is 1. The van der Waals surface area contributed by atoms with Crippen LogP contribution in [0.1, 0.15) is 25.2 Å². The summed E-state index contributed by atoms with van der Waals surface area (Å²) in [5, 5.41) is 36.5. The van der Waals surface area contributed by atoms with Crippen LogP contribution in [0.25, 0.3) is 11.3 Å². The van der Waals surface area contributed by atoms with Gasteiger partial charge in [0.1, 0.15) is 11.8 Å². The van der Waals surface area contributed by atoms with E-state index < -0.39 is 22.6 Å². The Morgan fingerprint density at radius 1 is 1.38 bits per heavy atom. The molecule has 3 aromatic rings. The van der Waals surface area contributed by atoms with Gasteiger partial charge in [0, 0.05) is 29.8 Å². The number of carboxylic acid groups (broad SMARTS) is 1. The molecule has 12 heteroatoms. The molecule has 0 amide bonds. The first-order chi connectivity index (χ1) is 15.2. The van der Waals surface area contributed by atoms with Crippen molar-refractivity contribution in [2.24, 2.45) is 11.0 Å². The molecule has 0 unspecified atom stereocenters. The lowest BCUT2D eigenvalue weighted by Crippen LogP contribution is -2.40. The number of nitro groups is 1. The van der Waals surface area contributed by atoms with Crippen molar-refractivity contribution in [1.82, 2.24) is 15.0 Å². The van der Waals surface area contributed by atoms with E-state index in [0.717, 1.165) is 10.9 Å². The number of carboxylic acids is 1. The number of furan rings is 1. The second-order valence-electron chi connectivity index (χ2n) is 7.28. The summed E-state index contributed by atoms with van der Waals surface area (Å²) in [4.78, 5) is 35.7. The average molecular weight is 443 g/mol. The number of hydrogen-bond donors (Lipinski definition) is 4. The Balaban J connectivity index is 1.95. The third-order valence-electron chi connectivity index (χ3n) is 4.64. The zero-order valence-electron chi connectivity index (χ0n) is 17.2. The molecule has 12 nitrogen and oxygen atoms in total. The minimum atomic E-state index is -0.997. The Morgan fingerprint density at radius 3 is 2.59 bits per heavy atom. The van der Waals surface area contributed by atoms with Gasteiger partial charge in [-0.2, -0.15) is 9.78 Å². The Morgan fingerprint density at radius 2 is 2.06 bits per heavy atom. The van der Waals surface area contributed by atoms with Gasteiger partial charge in [-0.25, -0.2) is 4.79 Å². The molecule has 2 heterocycles. The van der Waals surface area contributed by atoms with Crippen LogP contribution >= 0.6 is 0 Å². The van der Waals surface area contributed by atoms with Gasteiger partial charge in [-0.1, -0.05) is 13.8 Å². The van der Waals surface area contributed by atoms with E-state index in [1.54, 1.807) is 19.9 Å². The Hall–Kier alpha value is -4.19. The zero-order valence-corrected chi connectivity index (χ0v) is 17.2. The summed E-state index contributed by atoms with van der Waals surface area (Å²) < 4.78 is 6.70. The van der Waals surface area contributed by atoms with Gasteiger partial charge >= 0.3 is 11.7 Å². The molecule has 0 aliphatic carbocycles. The second-order valence-corrected chi connectivity index (χ2v) is 7.28. The Bertz CT molecular complexity index is 1200. The van der Waals surface area contributed by atoms with E-state index in [2.05, 4.69) is 15.4 Å². The highest BCUT2D eigenvalue weighted by atomic mass is 16.6. The Kier molecular flexibility index (Phi) is 6.54. The minimum absolute atomic E-state index is 0.0724. The normalized spacial score (nSPS) is 12.5. The van der Waals surface area contributed by atoms with Crippen molar-refractivity contribution in [3.05, 3.63) is 68.5 Å². The molecule has 0 bridgehead atoms. The van der Waals surface area contributed by atoms with Crippen LogP contribution in [-0.2, 0) is 11.3 Å². The van der Waals surface area contributed by atoms with Crippen molar-refractivity contribution in [3.63, 3.8) is 0 Å². The van der Waals surface area contributed by atoms with Crippen LogP contribution in [0.3, 0.4) is 0 Å². The topological polar surface area (TPSA) is 176 Å². The fourth-order valence-corrected chi connectivity index (χ4v) is 2.98. The van der Waals surface area contributed by atoms with Crippen LogP contribution in [0, 0.1) is 16.0 Å². The number of non-ortho nitro benzene ring substituents is 1. The van der Waals surface area contributed by atoms with E-state index in [9.17, 15) is 29.9 Å². The second kappa shape index (κ2) is 9.31. The number of nitrogens with one attached hydrogen (secondary N) is 2. The SMILES string of the molecule is CC(C)[C@H](NCc1cc(-c2ccc([N+](=O)[O-])cc2)oc1C=Nn1cc(O)[nH]c1=O)C(=O)O. The molecule has 4 N–H and O–H groups in total. The van der Waals surface area contributed by atoms with Crippen molar-refractivity contribution in [1.29, 1.82) is 0 Å². The number of carbonyl (C=O) groups is 1. The highest BCUT2D eigenvalue weighted by molar-refractivity contribution is 5.80. The van der Waals surface area contributed by atoms with Gasteiger partial charge in [0.25, 0.3) is 5.69 Å². The van der Waals surface area contributed by atoms with Gasteiger partial charge in [-0.3, -0.25) is 25.2 Å².